The van der Waals surface area contributed by atoms with Crippen molar-refractivity contribution in [2.45, 2.75) is 72.5 Å². The van der Waals surface area contributed by atoms with Crippen molar-refractivity contribution in [1.82, 2.24) is 5.32 Å². The molecule has 5 rings (SSSR count). The molecule has 2 aliphatic carbocycles. The largest absolute Gasteiger partial charge is 0.507 e. The van der Waals surface area contributed by atoms with Crippen molar-refractivity contribution < 1.29 is 30.0 Å². The number of piperidine rings is 1. The number of nitrogens with one attached hydrogen (secondary N) is 1. The van der Waals surface area contributed by atoms with Gasteiger partial charge in [-0.25, -0.2) is 0 Å². The highest BCUT2D eigenvalue weighted by molar-refractivity contribution is 6.06. The molecule has 11 nitrogen and oxygen atoms in total. The van der Waals surface area contributed by atoms with Crippen molar-refractivity contribution in [3.05, 3.63) is 74.8 Å². The van der Waals surface area contributed by atoms with Crippen LogP contribution in [0, 0.1) is 19.8 Å². The molecule has 2 aromatic carbocycles. The van der Waals surface area contributed by atoms with E-state index in [0.717, 1.165) is 0 Å². The van der Waals surface area contributed by atoms with Gasteiger partial charge in [-0.05, 0) is 57.7 Å². The maximum atomic E-state index is 14.3. The number of hydrogen-bond donors (Lipinski definition) is 5. The van der Waals surface area contributed by atoms with Gasteiger partial charge in [-0.1, -0.05) is 27.7 Å². The topological polar surface area (TPSA) is 188 Å². The number of aromatic hydroxyl groups is 3. The van der Waals surface area contributed by atoms with Gasteiger partial charge in [0, 0.05) is 61.2 Å². The fourth-order valence-electron chi connectivity index (χ4n) is 6.81. The quantitative estimate of drug-likeness (QED) is 0.0870. The van der Waals surface area contributed by atoms with Crippen LogP contribution in [0.4, 0.5) is 0 Å². The van der Waals surface area contributed by atoms with Crippen molar-refractivity contribution in [2.75, 3.05) is 13.1 Å². The molecule has 5 N–H and O–H groups in total. The zero-order valence-electron chi connectivity index (χ0n) is 26.5. The van der Waals surface area contributed by atoms with E-state index in [-0.39, 0.29) is 73.4 Å². The lowest BCUT2D eigenvalue weighted by molar-refractivity contribution is -0.0714. The van der Waals surface area contributed by atoms with E-state index in [0.29, 0.717) is 25.9 Å². The minimum atomic E-state index is -1.28. The molecule has 0 spiro atoms. The smallest absolute Gasteiger partial charge is 0.237 e. The summed E-state index contributed by atoms with van der Waals surface area (Å²) in [5.41, 5.74) is -6.21. The van der Waals surface area contributed by atoms with E-state index in [9.17, 15) is 44.4 Å². The second-order valence-corrected chi connectivity index (χ2v) is 12.7. The monoisotopic (exact) mass is 631 g/mol. The molecule has 1 atom stereocenters. The van der Waals surface area contributed by atoms with Gasteiger partial charge in [-0.15, -0.1) is 0 Å². The van der Waals surface area contributed by atoms with Crippen LogP contribution in [0.25, 0.3) is 33.0 Å². The molecule has 0 amide bonds. The van der Waals surface area contributed by atoms with Crippen LogP contribution in [-0.2, 0) is 0 Å². The van der Waals surface area contributed by atoms with Gasteiger partial charge in [0.1, 0.15) is 11.5 Å². The molecule has 1 heterocycles. The number of phenolic OH excluding ortho intramolecular Hbond substituents is 3. The Morgan fingerprint density at radius 2 is 1.37 bits per heavy atom. The van der Waals surface area contributed by atoms with Gasteiger partial charge in [-0.3, -0.25) is 24.0 Å². The third-order valence-electron chi connectivity index (χ3n) is 9.20. The lowest BCUT2D eigenvalue weighted by atomic mass is 9.81. The highest BCUT2D eigenvalue weighted by Crippen LogP contribution is 2.52. The summed E-state index contributed by atoms with van der Waals surface area (Å²) >= 11 is 0. The summed E-state index contributed by atoms with van der Waals surface area (Å²) < 4.78 is 5.84. The van der Waals surface area contributed by atoms with E-state index in [1.54, 1.807) is 27.7 Å². The van der Waals surface area contributed by atoms with E-state index in [2.05, 4.69) is 5.32 Å². The molecule has 0 aromatic heterocycles. The Balaban J connectivity index is 1.90. The van der Waals surface area contributed by atoms with Crippen molar-refractivity contribution in [2.24, 2.45) is 5.92 Å². The molecule has 0 saturated carbocycles. The molecule has 0 bridgehead atoms. The van der Waals surface area contributed by atoms with Crippen molar-refractivity contribution >= 4 is 17.1 Å². The minimum absolute atomic E-state index is 0.00631. The van der Waals surface area contributed by atoms with Crippen LogP contribution in [0.15, 0.2) is 25.2 Å². The highest BCUT2D eigenvalue weighted by atomic mass is 16.6. The Morgan fingerprint density at radius 3 is 1.93 bits per heavy atom. The lowest BCUT2D eigenvalue weighted by Gasteiger charge is -2.28. The first-order chi connectivity index (χ1) is 21.6. The second-order valence-electron chi connectivity index (χ2n) is 12.7. The zero-order valence-corrected chi connectivity index (χ0v) is 26.5. The van der Waals surface area contributed by atoms with Crippen LogP contribution in [0.2, 0.25) is 0 Å². The van der Waals surface area contributed by atoms with Crippen molar-refractivity contribution in [3.63, 3.8) is 0 Å². The Labute approximate surface area is 263 Å². The fourth-order valence-corrected chi connectivity index (χ4v) is 6.81. The first-order valence-electron chi connectivity index (χ1n) is 15.3. The van der Waals surface area contributed by atoms with E-state index >= 15 is 0 Å². The number of carbonyl (C=O) groups excluding carboxylic acids is 1. The predicted molar refractivity (Wildman–Crippen MR) is 174 cm³/mol. The zero-order chi connectivity index (χ0) is 33.9. The molecular weight excluding hydrogens is 594 g/mol. The second kappa shape index (κ2) is 12.0. The summed E-state index contributed by atoms with van der Waals surface area (Å²) in [6.45, 7) is 10.8. The maximum Gasteiger partial charge on any atom is 0.237 e. The van der Waals surface area contributed by atoms with Crippen LogP contribution in [0.1, 0.15) is 85.0 Å². The molecule has 2 aromatic rings. The molecular formula is C35H37NO10. The van der Waals surface area contributed by atoms with Crippen molar-refractivity contribution in [3.8, 4) is 45.3 Å². The first-order valence-corrected chi connectivity index (χ1v) is 15.3. The van der Waals surface area contributed by atoms with Crippen LogP contribution in [0.3, 0.4) is 0 Å². The van der Waals surface area contributed by atoms with Crippen molar-refractivity contribution in [1.29, 1.82) is 0 Å². The summed E-state index contributed by atoms with van der Waals surface area (Å²) in [6, 6.07) is 1.25. The average molecular weight is 632 g/mol. The average Bonchev–Trinajstić information content (AvgIpc) is 3.01. The van der Waals surface area contributed by atoms with Gasteiger partial charge < -0.3 is 30.5 Å². The number of carbonyl (C=O) groups is 1. The van der Waals surface area contributed by atoms with E-state index < -0.39 is 62.5 Å². The molecule has 1 saturated heterocycles. The van der Waals surface area contributed by atoms with Gasteiger partial charge in [-0.2, -0.15) is 0 Å². The number of aliphatic hydroxyl groups excluding tert-OH is 1. The molecule has 1 aliphatic heterocycles. The molecule has 3 aliphatic rings. The van der Waals surface area contributed by atoms with Gasteiger partial charge >= 0.3 is 0 Å². The predicted octanol–water partition coefficient (Wildman–Crippen LogP) is 3.42. The lowest BCUT2D eigenvalue weighted by Crippen LogP contribution is -2.38. The van der Waals surface area contributed by atoms with E-state index in [4.69, 9.17) is 4.74 Å². The van der Waals surface area contributed by atoms with E-state index in [1.807, 2.05) is 0 Å². The van der Waals surface area contributed by atoms with Gasteiger partial charge in [0.05, 0.1) is 5.56 Å². The number of aldehydes is 1. The first kappa shape index (κ1) is 32.8. The number of ether oxygens (including phenoxy) is 1. The van der Waals surface area contributed by atoms with Crippen LogP contribution >= 0.6 is 0 Å². The Hall–Kier alpha value is -4.61. The number of rotatable bonds is 7. The molecule has 1 fully saturated rings. The number of hydrogen-bond acceptors (Lipinski definition) is 11. The van der Waals surface area contributed by atoms with Gasteiger partial charge in [0.25, 0.3) is 0 Å². The molecule has 0 radical (unpaired) electrons. The normalized spacial score (nSPS) is 14.9. The molecule has 242 valence electrons. The summed E-state index contributed by atoms with van der Waals surface area (Å²) in [5, 5.41) is 48.9. The Bertz CT molecular complexity index is 2080. The SMILES string of the molecule is Cc1c(-c2c(C)c(=O)c3c(C(C)C)c(=O)c(=O)c(C=O)c-3c2=O)c(O)c2cc(OC(O)C3CCNCC3)c(O)c(C(C)C)c2c1O. The Kier molecular flexibility index (Phi) is 8.52. The maximum absolute atomic E-state index is 14.3. The molecule has 46 heavy (non-hydrogen) atoms. The molecule has 11 heteroatoms. The standard InChI is InChI=1S/C35H37NO10/c1-13(2)21-25-18(11-20(32(21)42)46-35(45)17-7-9-36-10-8-17)30(40)23(15(5)28(25)38)24-16(6)29(39)27-22(14(3)4)34(44)31(41)19(12-37)26(27)33(24)43/h11-14,17,35-36,38,40,42,45H,7-10H2,1-6H3. The fraction of sp³-hybridized carbons (Fsp3) is 0.400. The van der Waals surface area contributed by atoms with Crippen LogP contribution in [0.5, 0.6) is 23.0 Å². The Morgan fingerprint density at radius 1 is 0.761 bits per heavy atom. The van der Waals surface area contributed by atoms with Crippen LogP contribution in [-0.4, -0.2) is 46.1 Å². The van der Waals surface area contributed by atoms with Crippen LogP contribution < -0.4 is 31.8 Å². The molecule has 1 unspecified atom stereocenters. The number of fused-ring (bicyclic) bond motifs is 2. The summed E-state index contributed by atoms with van der Waals surface area (Å²) in [7, 11) is 0. The summed E-state index contributed by atoms with van der Waals surface area (Å²) in [5.74, 6) is -2.68. The van der Waals surface area contributed by atoms with Gasteiger partial charge in [0.2, 0.25) is 17.1 Å². The number of phenols is 3. The van der Waals surface area contributed by atoms with Gasteiger partial charge in [0.15, 0.2) is 28.6 Å². The third-order valence-corrected chi connectivity index (χ3v) is 9.20. The third kappa shape index (κ3) is 4.85. The number of benzene rings is 4. The van der Waals surface area contributed by atoms with E-state index in [1.165, 1.54) is 19.9 Å². The number of aliphatic hydroxyl groups is 1. The summed E-state index contributed by atoms with van der Waals surface area (Å²) in [6.07, 6.45) is 0.0602. The highest BCUT2D eigenvalue weighted by Gasteiger charge is 2.34. The summed E-state index contributed by atoms with van der Waals surface area (Å²) in [4.78, 5) is 66.1. The minimum Gasteiger partial charge on any atom is -0.507 e.